The van der Waals surface area contributed by atoms with Crippen molar-refractivity contribution in [1.29, 1.82) is 0 Å². The Kier molecular flexibility index (Phi) is 8.63. The Balaban J connectivity index is 1.79. The van der Waals surface area contributed by atoms with Gasteiger partial charge < -0.3 is 24.8 Å². The number of hydrogen-bond acceptors (Lipinski definition) is 5. The molecule has 0 aliphatic carbocycles. The zero-order valence-electron chi connectivity index (χ0n) is 23.6. The molecule has 0 radical (unpaired) electrons. The number of carbonyl (C=O) groups is 2. The van der Waals surface area contributed by atoms with Crippen LogP contribution in [-0.2, 0) is 25.3 Å². The standard InChI is InChI=1S/C28H46BN3O4/c1-21(33)32(18-16-22-13-10-9-11-14-22)28(24(34)31-25(2,3)4)20-30-19-23(28)15-12-17-29-35-26(5,6)27(7,8)36-29/h9-11,13-14,23,30H,12,15-20H2,1-8H3,(H,31,34). The third-order valence-electron chi connectivity index (χ3n) is 7.97. The summed E-state index contributed by atoms with van der Waals surface area (Å²) in [6.07, 6.45) is 3.10. The van der Waals surface area contributed by atoms with Crippen LogP contribution in [0.3, 0.4) is 0 Å². The Hall–Kier alpha value is -1.90. The number of nitrogens with zero attached hydrogens (tertiary/aromatic N) is 1. The van der Waals surface area contributed by atoms with E-state index in [1.54, 1.807) is 6.92 Å². The van der Waals surface area contributed by atoms with Gasteiger partial charge in [0.05, 0.1) is 11.2 Å². The normalized spacial score (nSPS) is 25.1. The minimum Gasteiger partial charge on any atom is -0.403 e. The van der Waals surface area contributed by atoms with Crippen LogP contribution in [0.25, 0.3) is 0 Å². The molecule has 0 spiro atoms. The molecule has 36 heavy (non-hydrogen) atoms. The van der Waals surface area contributed by atoms with E-state index in [1.165, 1.54) is 0 Å². The van der Waals surface area contributed by atoms with Crippen LogP contribution in [0.5, 0.6) is 0 Å². The predicted molar refractivity (Wildman–Crippen MR) is 145 cm³/mol. The first-order chi connectivity index (χ1) is 16.7. The first kappa shape index (κ1) is 28.7. The lowest BCUT2D eigenvalue weighted by Crippen LogP contribution is -2.67. The largest absolute Gasteiger partial charge is 0.457 e. The van der Waals surface area contributed by atoms with Crippen LogP contribution in [0.2, 0.25) is 6.32 Å². The fourth-order valence-electron chi connectivity index (χ4n) is 5.38. The van der Waals surface area contributed by atoms with Gasteiger partial charge in [0.1, 0.15) is 5.54 Å². The summed E-state index contributed by atoms with van der Waals surface area (Å²) < 4.78 is 12.4. The second-order valence-corrected chi connectivity index (χ2v) is 12.5. The molecule has 2 amide bonds. The molecule has 2 aliphatic heterocycles. The summed E-state index contributed by atoms with van der Waals surface area (Å²) in [5.41, 5.74) is -0.901. The van der Waals surface area contributed by atoms with Gasteiger partial charge in [0.15, 0.2) is 0 Å². The molecule has 3 rings (SSSR count). The lowest BCUT2D eigenvalue weighted by Gasteiger charge is -2.44. The minimum absolute atomic E-state index is 0.0121. The maximum atomic E-state index is 13.9. The summed E-state index contributed by atoms with van der Waals surface area (Å²) in [5.74, 6) is -0.166. The molecule has 2 N–H and O–H groups in total. The van der Waals surface area contributed by atoms with Crippen molar-refractivity contribution in [2.45, 2.75) is 103 Å². The minimum atomic E-state index is -0.941. The van der Waals surface area contributed by atoms with Gasteiger partial charge in [0, 0.05) is 38.0 Å². The van der Waals surface area contributed by atoms with Crippen LogP contribution in [0, 0.1) is 5.92 Å². The van der Waals surface area contributed by atoms with E-state index in [0.717, 1.165) is 24.7 Å². The van der Waals surface area contributed by atoms with Crippen molar-refractivity contribution in [2.75, 3.05) is 19.6 Å². The fourth-order valence-corrected chi connectivity index (χ4v) is 5.38. The molecule has 2 saturated heterocycles. The molecule has 8 heteroatoms. The fraction of sp³-hybridized carbons (Fsp3) is 0.714. The summed E-state index contributed by atoms with van der Waals surface area (Å²) in [4.78, 5) is 28.8. The van der Waals surface area contributed by atoms with Crippen LogP contribution in [0.1, 0.15) is 73.8 Å². The predicted octanol–water partition coefficient (Wildman–Crippen LogP) is 3.82. The van der Waals surface area contributed by atoms with Crippen LogP contribution < -0.4 is 10.6 Å². The van der Waals surface area contributed by atoms with Crippen LogP contribution in [-0.4, -0.2) is 65.7 Å². The number of hydrogen-bond donors (Lipinski definition) is 2. The van der Waals surface area contributed by atoms with Gasteiger partial charge in [-0.05, 0) is 73.2 Å². The topological polar surface area (TPSA) is 79.9 Å². The van der Waals surface area contributed by atoms with Gasteiger partial charge in [0.2, 0.25) is 11.8 Å². The molecule has 0 aromatic heterocycles. The van der Waals surface area contributed by atoms with Gasteiger partial charge in [-0.15, -0.1) is 0 Å². The van der Waals surface area contributed by atoms with E-state index in [2.05, 4.69) is 50.5 Å². The smallest absolute Gasteiger partial charge is 0.403 e. The second-order valence-electron chi connectivity index (χ2n) is 12.5. The van der Waals surface area contributed by atoms with E-state index < -0.39 is 11.1 Å². The van der Waals surface area contributed by atoms with Crippen molar-refractivity contribution in [2.24, 2.45) is 5.92 Å². The average Bonchev–Trinajstić information content (AvgIpc) is 3.25. The molecule has 2 aliphatic rings. The molecular weight excluding hydrogens is 453 g/mol. The van der Waals surface area contributed by atoms with Gasteiger partial charge in [0.25, 0.3) is 0 Å². The number of amides is 2. The first-order valence-electron chi connectivity index (χ1n) is 13.4. The zero-order chi connectivity index (χ0) is 26.8. The van der Waals surface area contributed by atoms with E-state index in [0.29, 0.717) is 26.1 Å². The molecule has 200 valence electrons. The van der Waals surface area contributed by atoms with Gasteiger partial charge >= 0.3 is 7.12 Å². The lowest BCUT2D eigenvalue weighted by atomic mass is 9.76. The SMILES string of the molecule is CC(=O)N(CCc1ccccc1)C1(C(=O)NC(C)(C)C)CNCC1CCCB1OC(C)(C)C(C)(C)O1. The third kappa shape index (κ3) is 6.32. The van der Waals surface area contributed by atoms with Gasteiger partial charge in [-0.3, -0.25) is 9.59 Å². The van der Waals surface area contributed by atoms with E-state index in [9.17, 15) is 9.59 Å². The van der Waals surface area contributed by atoms with E-state index in [-0.39, 0.29) is 36.1 Å². The highest BCUT2D eigenvalue weighted by Gasteiger charge is 2.55. The van der Waals surface area contributed by atoms with Gasteiger partial charge in [-0.1, -0.05) is 36.8 Å². The molecule has 0 bridgehead atoms. The number of nitrogens with one attached hydrogen (secondary N) is 2. The van der Waals surface area contributed by atoms with E-state index in [1.807, 2.05) is 43.9 Å². The molecule has 1 aromatic carbocycles. The summed E-state index contributed by atoms with van der Waals surface area (Å²) >= 11 is 0. The Morgan fingerprint density at radius 3 is 2.28 bits per heavy atom. The lowest BCUT2D eigenvalue weighted by molar-refractivity contribution is -0.149. The van der Waals surface area contributed by atoms with Crippen molar-refractivity contribution in [3.05, 3.63) is 35.9 Å². The first-order valence-corrected chi connectivity index (χ1v) is 13.4. The number of carbonyl (C=O) groups excluding carboxylic acids is 2. The van der Waals surface area contributed by atoms with E-state index >= 15 is 0 Å². The number of benzene rings is 1. The Bertz CT molecular complexity index is 899. The number of rotatable bonds is 9. The highest BCUT2D eigenvalue weighted by Crippen LogP contribution is 2.39. The monoisotopic (exact) mass is 499 g/mol. The third-order valence-corrected chi connectivity index (χ3v) is 7.97. The molecule has 2 heterocycles. The van der Waals surface area contributed by atoms with Crippen LogP contribution >= 0.6 is 0 Å². The van der Waals surface area contributed by atoms with Crippen molar-refractivity contribution < 1.29 is 18.9 Å². The summed E-state index contributed by atoms with van der Waals surface area (Å²) in [6, 6.07) is 10.1. The maximum Gasteiger partial charge on any atom is 0.457 e. The molecule has 2 fully saturated rings. The van der Waals surface area contributed by atoms with Crippen molar-refractivity contribution in [1.82, 2.24) is 15.5 Å². The molecular formula is C28H46BN3O4. The Labute approximate surface area is 218 Å². The van der Waals surface area contributed by atoms with Crippen molar-refractivity contribution in [3.63, 3.8) is 0 Å². The molecule has 0 saturated carbocycles. The van der Waals surface area contributed by atoms with Crippen LogP contribution in [0.15, 0.2) is 30.3 Å². The van der Waals surface area contributed by atoms with Crippen LogP contribution in [0.4, 0.5) is 0 Å². The second kappa shape index (κ2) is 10.8. The summed E-state index contributed by atoms with van der Waals surface area (Å²) in [6.45, 7) is 17.4. The zero-order valence-corrected chi connectivity index (χ0v) is 23.6. The van der Waals surface area contributed by atoms with Gasteiger partial charge in [-0.2, -0.15) is 0 Å². The average molecular weight is 500 g/mol. The Morgan fingerprint density at radius 2 is 1.72 bits per heavy atom. The summed E-state index contributed by atoms with van der Waals surface area (Å²) in [7, 11) is -0.260. The highest BCUT2D eigenvalue weighted by atomic mass is 16.7. The molecule has 2 atom stereocenters. The maximum absolute atomic E-state index is 13.9. The molecule has 7 nitrogen and oxygen atoms in total. The van der Waals surface area contributed by atoms with Gasteiger partial charge in [-0.25, -0.2) is 0 Å². The quantitative estimate of drug-likeness (QED) is 0.505. The molecule has 2 unspecified atom stereocenters. The van der Waals surface area contributed by atoms with Crippen molar-refractivity contribution >= 4 is 18.9 Å². The van der Waals surface area contributed by atoms with E-state index in [4.69, 9.17) is 9.31 Å². The summed E-state index contributed by atoms with van der Waals surface area (Å²) in [5, 5.41) is 6.65. The Morgan fingerprint density at radius 1 is 1.11 bits per heavy atom. The molecule has 1 aromatic rings. The highest BCUT2D eigenvalue weighted by molar-refractivity contribution is 6.45. The van der Waals surface area contributed by atoms with Crippen molar-refractivity contribution in [3.8, 4) is 0 Å².